The van der Waals surface area contributed by atoms with Crippen LogP contribution in [0.25, 0.3) is 0 Å². The Morgan fingerprint density at radius 3 is 2.58 bits per heavy atom. The Bertz CT molecular complexity index is 286. The summed E-state index contributed by atoms with van der Waals surface area (Å²) in [6.45, 7) is 7.74. The molecule has 2 unspecified atom stereocenters. The van der Waals surface area contributed by atoms with Gasteiger partial charge in [0.1, 0.15) is 0 Å². The smallest absolute Gasteiger partial charge is 0.0223 e. The Hall–Kier alpha value is -0.120. The molecule has 2 saturated heterocycles. The molecule has 0 bridgehead atoms. The molecule has 2 heterocycles. The SMILES string of the molecule is CC1CN2CCCCC2CN1CC1CCC(N)CC1. The summed E-state index contributed by atoms with van der Waals surface area (Å²) in [5, 5.41) is 0. The fourth-order valence-electron chi connectivity index (χ4n) is 4.37. The lowest BCUT2D eigenvalue weighted by Gasteiger charge is -2.48. The van der Waals surface area contributed by atoms with E-state index in [9.17, 15) is 0 Å². The summed E-state index contributed by atoms with van der Waals surface area (Å²) in [6, 6.07) is 2.10. The van der Waals surface area contributed by atoms with Crippen LogP contribution < -0.4 is 5.73 Å². The van der Waals surface area contributed by atoms with Crippen molar-refractivity contribution in [1.29, 1.82) is 0 Å². The summed E-state index contributed by atoms with van der Waals surface area (Å²) in [4.78, 5) is 5.54. The van der Waals surface area contributed by atoms with Crippen LogP contribution >= 0.6 is 0 Å². The zero-order valence-electron chi connectivity index (χ0n) is 12.6. The van der Waals surface area contributed by atoms with Gasteiger partial charge in [0.05, 0.1) is 0 Å². The normalized spacial score (nSPS) is 42.0. The third-order valence-corrected chi connectivity index (χ3v) is 5.70. The van der Waals surface area contributed by atoms with Gasteiger partial charge in [-0.05, 0) is 57.9 Å². The highest BCUT2D eigenvalue weighted by Gasteiger charge is 2.34. The van der Waals surface area contributed by atoms with Crippen molar-refractivity contribution in [3.63, 3.8) is 0 Å². The third kappa shape index (κ3) is 3.32. The lowest BCUT2D eigenvalue weighted by atomic mass is 9.85. The van der Waals surface area contributed by atoms with Gasteiger partial charge in [0.25, 0.3) is 0 Å². The van der Waals surface area contributed by atoms with Gasteiger partial charge in [-0.15, -0.1) is 0 Å². The van der Waals surface area contributed by atoms with E-state index in [4.69, 9.17) is 5.73 Å². The molecular weight excluding hydrogens is 234 g/mol. The van der Waals surface area contributed by atoms with Crippen molar-refractivity contribution < 1.29 is 0 Å². The van der Waals surface area contributed by atoms with E-state index in [2.05, 4.69) is 16.7 Å². The third-order valence-electron chi connectivity index (χ3n) is 5.70. The zero-order valence-corrected chi connectivity index (χ0v) is 12.6. The zero-order chi connectivity index (χ0) is 13.2. The Morgan fingerprint density at radius 2 is 1.79 bits per heavy atom. The standard InChI is InChI=1S/C16H31N3/c1-13-10-18-9-3-2-4-16(18)12-19(13)11-14-5-7-15(17)8-6-14/h13-16H,2-12,17H2,1H3. The summed E-state index contributed by atoms with van der Waals surface area (Å²) in [5.74, 6) is 0.914. The molecule has 110 valence electrons. The largest absolute Gasteiger partial charge is 0.328 e. The average Bonchev–Trinajstić information content (AvgIpc) is 2.42. The molecule has 0 radical (unpaired) electrons. The van der Waals surface area contributed by atoms with Gasteiger partial charge in [-0.25, -0.2) is 0 Å². The Balaban J connectivity index is 1.52. The van der Waals surface area contributed by atoms with E-state index >= 15 is 0 Å². The Kier molecular flexibility index (Phi) is 4.45. The molecule has 3 nitrogen and oxygen atoms in total. The molecule has 19 heavy (non-hydrogen) atoms. The first-order chi connectivity index (χ1) is 9.22. The van der Waals surface area contributed by atoms with Crippen molar-refractivity contribution in [3.05, 3.63) is 0 Å². The molecule has 0 aromatic heterocycles. The maximum Gasteiger partial charge on any atom is 0.0223 e. The van der Waals surface area contributed by atoms with Crippen molar-refractivity contribution >= 4 is 0 Å². The second kappa shape index (κ2) is 6.11. The summed E-state index contributed by atoms with van der Waals surface area (Å²) in [5.41, 5.74) is 6.02. The summed E-state index contributed by atoms with van der Waals surface area (Å²) >= 11 is 0. The number of rotatable bonds is 2. The van der Waals surface area contributed by atoms with E-state index in [1.54, 1.807) is 0 Å². The van der Waals surface area contributed by atoms with Crippen molar-refractivity contribution in [2.45, 2.75) is 70.0 Å². The fraction of sp³-hybridized carbons (Fsp3) is 1.00. The van der Waals surface area contributed by atoms with Gasteiger partial charge >= 0.3 is 0 Å². The van der Waals surface area contributed by atoms with E-state index < -0.39 is 0 Å². The van der Waals surface area contributed by atoms with Crippen LogP contribution in [0.3, 0.4) is 0 Å². The van der Waals surface area contributed by atoms with Gasteiger partial charge in [0, 0.05) is 37.8 Å². The van der Waals surface area contributed by atoms with Crippen LogP contribution in [0.15, 0.2) is 0 Å². The molecule has 0 amide bonds. The van der Waals surface area contributed by atoms with Crippen LogP contribution in [0.1, 0.15) is 51.9 Å². The van der Waals surface area contributed by atoms with Crippen molar-refractivity contribution in [2.75, 3.05) is 26.2 Å². The Morgan fingerprint density at radius 1 is 1.00 bits per heavy atom. The predicted molar refractivity (Wildman–Crippen MR) is 80.2 cm³/mol. The topological polar surface area (TPSA) is 32.5 Å². The first-order valence-corrected chi connectivity index (χ1v) is 8.46. The predicted octanol–water partition coefficient (Wildman–Crippen LogP) is 2.06. The fourth-order valence-corrected chi connectivity index (χ4v) is 4.37. The number of hydrogen-bond acceptors (Lipinski definition) is 3. The van der Waals surface area contributed by atoms with Gasteiger partial charge < -0.3 is 5.73 Å². The van der Waals surface area contributed by atoms with Gasteiger partial charge in [-0.2, -0.15) is 0 Å². The maximum absolute atomic E-state index is 6.02. The highest BCUT2D eigenvalue weighted by molar-refractivity contribution is 4.90. The summed E-state index contributed by atoms with van der Waals surface area (Å²) in [7, 11) is 0. The molecule has 0 aromatic carbocycles. The van der Waals surface area contributed by atoms with Crippen molar-refractivity contribution in [3.8, 4) is 0 Å². The number of fused-ring (bicyclic) bond motifs is 1. The summed E-state index contributed by atoms with van der Waals surface area (Å²) in [6.07, 6.45) is 9.52. The molecule has 2 N–H and O–H groups in total. The van der Waals surface area contributed by atoms with Crippen molar-refractivity contribution in [1.82, 2.24) is 9.80 Å². The quantitative estimate of drug-likeness (QED) is 0.829. The molecule has 0 spiro atoms. The minimum atomic E-state index is 0.490. The monoisotopic (exact) mass is 265 g/mol. The number of piperazine rings is 1. The van der Waals surface area contributed by atoms with E-state index in [0.29, 0.717) is 6.04 Å². The molecule has 2 aliphatic heterocycles. The number of nitrogens with zero attached hydrogens (tertiary/aromatic N) is 2. The van der Waals surface area contributed by atoms with Crippen LogP contribution in [0.4, 0.5) is 0 Å². The average molecular weight is 265 g/mol. The minimum absolute atomic E-state index is 0.490. The van der Waals surface area contributed by atoms with Crippen LogP contribution in [0, 0.1) is 5.92 Å². The number of piperidine rings is 1. The van der Waals surface area contributed by atoms with Gasteiger partial charge in [-0.1, -0.05) is 6.42 Å². The first kappa shape index (κ1) is 13.8. The molecule has 3 rings (SSSR count). The van der Waals surface area contributed by atoms with Gasteiger partial charge in [-0.3, -0.25) is 9.80 Å². The molecule has 3 fully saturated rings. The van der Waals surface area contributed by atoms with Crippen molar-refractivity contribution in [2.24, 2.45) is 11.7 Å². The lowest BCUT2D eigenvalue weighted by Crippen LogP contribution is -2.59. The highest BCUT2D eigenvalue weighted by Crippen LogP contribution is 2.28. The summed E-state index contributed by atoms with van der Waals surface area (Å²) < 4.78 is 0. The van der Waals surface area contributed by atoms with Crippen LogP contribution in [-0.2, 0) is 0 Å². The highest BCUT2D eigenvalue weighted by atomic mass is 15.3. The van der Waals surface area contributed by atoms with E-state index in [-0.39, 0.29) is 0 Å². The molecule has 1 aliphatic carbocycles. The molecule has 0 aromatic rings. The second-order valence-corrected chi connectivity index (χ2v) is 7.23. The number of nitrogens with two attached hydrogens (primary N) is 1. The van der Waals surface area contributed by atoms with Crippen LogP contribution in [-0.4, -0.2) is 54.1 Å². The molecular formula is C16H31N3. The van der Waals surface area contributed by atoms with E-state index in [0.717, 1.165) is 18.0 Å². The maximum atomic E-state index is 6.02. The second-order valence-electron chi connectivity index (χ2n) is 7.23. The minimum Gasteiger partial charge on any atom is -0.328 e. The Labute approximate surface area is 118 Å². The van der Waals surface area contributed by atoms with Gasteiger partial charge in [0.15, 0.2) is 0 Å². The molecule has 2 atom stereocenters. The van der Waals surface area contributed by atoms with E-state index in [1.165, 1.54) is 71.1 Å². The van der Waals surface area contributed by atoms with E-state index in [1.807, 2.05) is 0 Å². The molecule has 1 saturated carbocycles. The van der Waals surface area contributed by atoms with Gasteiger partial charge in [0.2, 0.25) is 0 Å². The van der Waals surface area contributed by atoms with Crippen LogP contribution in [0.5, 0.6) is 0 Å². The molecule has 3 aliphatic rings. The van der Waals surface area contributed by atoms with Crippen LogP contribution in [0.2, 0.25) is 0 Å². The molecule has 3 heteroatoms. The lowest BCUT2D eigenvalue weighted by molar-refractivity contribution is 0.00458. The first-order valence-electron chi connectivity index (χ1n) is 8.46. The number of hydrogen-bond donors (Lipinski definition) is 1.